The summed E-state index contributed by atoms with van der Waals surface area (Å²) < 4.78 is 10.7. The van der Waals surface area contributed by atoms with Gasteiger partial charge >= 0.3 is 5.97 Å². The van der Waals surface area contributed by atoms with Gasteiger partial charge in [-0.15, -0.1) is 0 Å². The van der Waals surface area contributed by atoms with Crippen molar-refractivity contribution in [3.8, 4) is 0 Å². The molecule has 4 heteroatoms. The maximum Gasteiger partial charge on any atom is 0.313 e. The fraction of sp³-hybridized carbons (Fsp3) is 0.727. The van der Waals surface area contributed by atoms with Crippen LogP contribution in [-0.4, -0.2) is 26.6 Å². The van der Waals surface area contributed by atoms with Gasteiger partial charge in [-0.1, -0.05) is 19.7 Å². The van der Waals surface area contributed by atoms with E-state index in [0.717, 1.165) is 25.9 Å². The van der Waals surface area contributed by atoms with Crippen LogP contribution < -0.4 is 0 Å². The Morgan fingerprint density at radius 3 is 2.80 bits per heavy atom. The predicted molar refractivity (Wildman–Crippen MR) is 62.3 cm³/mol. The maximum atomic E-state index is 11.5. The van der Waals surface area contributed by atoms with Crippen molar-refractivity contribution in [1.29, 1.82) is 0 Å². The molecule has 3 nitrogen and oxygen atoms in total. The summed E-state index contributed by atoms with van der Waals surface area (Å²) in [4.78, 5) is 11.5. The van der Waals surface area contributed by atoms with Crippen LogP contribution in [0.3, 0.4) is 0 Å². The van der Waals surface area contributed by atoms with Gasteiger partial charge in [0.05, 0.1) is 26.7 Å². The minimum atomic E-state index is -1.03. The highest BCUT2D eigenvalue weighted by Gasteiger charge is 2.39. The van der Waals surface area contributed by atoms with Crippen LogP contribution in [-0.2, 0) is 14.3 Å². The summed E-state index contributed by atoms with van der Waals surface area (Å²) in [7, 11) is -1.03. The van der Waals surface area contributed by atoms with Crippen molar-refractivity contribution in [2.45, 2.75) is 44.0 Å². The molecule has 0 saturated carbocycles. The van der Waals surface area contributed by atoms with Gasteiger partial charge in [0.2, 0.25) is 0 Å². The van der Waals surface area contributed by atoms with Crippen molar-refractivity contribution < 1.29 is 14.3 Å². The Hall–Kier alpha value is -0.613. The molecule has 1 atom stereocenters. The van der Waals surface area contributed by atoms with Crippen molar-refractivity contribution in [2.24, 2.45) is 0 Å². The number of rotatable bonds is 4. The number of carbonyl (C=O) groups excluding carboxylic acids is 1. The van der Waals surface area contributed by atoms with Crippen molar-refractivity contribution >= 4 is 14.8 Å². The Balaban J connectivity index is 2.63. The molecule has 1 aliphatic heterocycles. The normalized spacial score (nSPS) is 26.3. The molecule has 0 spiro atoms. The van der Waals surface area contributed by atoms with E-state index in [1.807, 2.05) is 0 Å². The standard InChI is InChI=1S/C11H20O3Si/c1-4-13-10(12)9-11(15(2)3)7-5-6-8-14-11/h4,15H,1,5-9H2,2-3H3. The first-order valence-electron chi connectivity index (χ1n) is 5.55. The van der Waals surface area contributed by atoms with Gasteiger partial charge in [-0.3, -0.25) is 4.79 Å². The van der Waals surface area contributed by atoms with E-state index in [9.17, 15) is 4.79 Å². The molecular formula is C11H20O3Si. The summed E-state index contributed by atoms with van der Waals surface area (Å²) in [5.74, 6) is -0.215. The topological polar surface area (TPSA) is 35.5 Å². The number of carbonyl (C=O) groups is 1. The molecule has 1 saturated heterocycles. The molecule has 1 heterocycles. The summed E-state index contributed by atoms with van der Waals surface area (Å²) in [6, 6.07) is 0. The van der Waals surface area contributed by atoms with Gasteiger partial charge in [0.25, 0.3) is 0 Å². The first-order valence-corrected chi connectivity index (χ1v) is 8.44. The fourth-order valence-electron chi connectivity index (χ4n) is 2.05. The Kier molecular flexibility index (Phi) is 4.54. The summed E-state index contributed by atoms with van der Waals surface area (Å²) >= 11 is 0. The summed E-state index contributed by atoms with van der Waals surface area (Å²) in [6.07, 6.45) is 4.86. The van der Waals surface area contributed by atoms with E-state index in [1.54, 1.807) is 0 Å². The third-order valence-corrected chi connectivity index (χ3v) is 5.86. The highest BCUT2D eigenvalue weighted by Crippen LogP contribution is 2.31. The Bertz CT molecular complexity index is 232. The number of ether oxygens (including phenoxy) is 2. The van der Waals surface area contributed by atoms with Gasteiger partial charge in [-0.05, 0) is 19.3 Å². The largest absolute Gasteiger partial charge is 0.435 e. The highest BCUT2D eigenvalue weighted by atomic mass is 28.3. The van der Waals surface area contributed by atoms with Crippen molar-refractivity contribution in [1.82, 2.24) is 0 Å². The van der Waals surface area contributed by atoms with Gasteiger partial charge in [-0.25, -0.2) is 0 Å². The number of hydrogen-bond acceptors (Lipinski definition) is 3. The summed E-state index contributed by atoms with van der Waals surface area (Å²) in [5.41, 5.74) is 0. The Labute approximate surface area is 93.1 Å². The monoisotopic (exact) mass is 228 g/mol. The molecule has 0 aromatic rings. The van der Waals surface area contributed by atoms with E-state index in [-0.39, 0.29) is 11.2 Å². The predicted octanol–water partition coefficient (Wildman–Crippen LogP) is 2.03. The molecule has 0 aromatic carbocycles. The van der Waals surface area contributed by atoms with Crippen LogP contribution in [0.2, 0.25) is 13.1 Å². The van der Waals surface area contributed by atoms with Crippen molar-refractivity contribution in [3.05, 3.63) is 12.8 Å². The maximum absolute atomic E-state index is 11.5. The van der Waals surface area contributed by atoms with Gasteiger partial charge in [0.15, 0.2) is 0 Å². The molecule has 1 unspecified atom stereocenters. The van der Waals surface area contributed by atoms with E-state index >= 15 is 0 Å². The van der Waals surface area contributed by atoms with E-state index in [0.29, 0.717) is 6.42 Å². The minimum absolute atomic E-state index is 0.182. The molecule has 0 amide bonds. The molecule has 0 bridgehead atoms. The molecule has 0 N–H and O–H groups in total. The Morgan fingerprint density at radius 1 is 1.60 bits per heavy atom. The van der Waals surface area contributed by atoms with Gasteiger partial charge in [0.1, 0.15) is 0 Å². The average molecular weight is 228 g/mol. The minimum Gasteiger partial charge on any atom is -0.435 e. The van der Waals surface area contributed by atoms with E-state index in [2.05, 4.69) is 19.7 Å². The van der Waals surface area contributed by atoms with Crippen LogP contribution in [0.1, 0.15) is 25.7 Å². The molecular weight excluding hydrogens is 208 g/mol. The lowest BCUT2D eigenvalue weighted by Gasteiger charge is -2.39. The van der Waals surface area contributed by atoms with Crippen molar-refractivity contribution in [2.75, 3.05) is 6.61 Å². The molecule has 1 aliphatic rings. The van der Waals surface area contributed by atoms with Crippen LogP contribution in [0.15, 0.2) is 12.8 Å². The van der Waals surface area contributed by atoms with Gasteiger partial charge in [0, 0.05) is 6.61 Å². The Morgan fingerprint density at radius 2 is 2.33 bits per heavy atom. The third-order valence-electron chi connectivity index (χ3n) is 3.09. The quantitative estimate of drug-likeness (QED) is 0.419. The van der Waals surface area contributed by atoms with Crippen LogP contribution in [0, 0.1) is 0 Å². The second kappa shape index (κ2) is 5.46. The van der Waals surface area contributed by atoms with E-state index in [4.69, 9.17) is 9.47 Å². The second-order valence-corrected chi connectivity index (χ2v) is 7.72. The third kappa shape index (κ3) is 3.17. The zero-order valence-corrected chi connectivity index (χ0v) is 10.8. The van der Waals surface area contributed by atoms with Crippen LogP contribution in [0.25, 0.3) is 0 Å². The van der Waals surface area contributed by atoms with Crippen LogP contribution in [0.4, 0.5) is 0 Å². The van der Waals surface area contributed by atoms with Crippen molar-refractivity contribution in [3.63, 3.8) is 0 Å². The van der Waals surface area contributed by atoms with E-state index in [1.165, 1.54) is 6.26 Å². The summed E-state index contributed by atoms with van der Waals surface area (Å²) in [6.45, 7) is 8.63. The number of hydrogen-bond donors (Lipinski definition) is 0. The van der Waals surface area contributed by atoms with Crippen LogP contribution >= 0.6 is 0 Å². The molecule has 0 radical (unpaired) electrons. The van der Waals surface area contributed by atoms with Gasteiger partial charge < -0.3 is 9.47 Å². The first-order chi connectivity index (χ1) is 7.10. The molecule has 1 rings (SSSR count). The summed E-state index contributed by atoms with van der Waals surface area (Å²) in [5, 5.41) is -0.182. The van der Waals surface area contributed by atoms with Crippen LogP contribution in [0.5, 0.6) is 0 Å². The fourth-order valence-corrected chi connectivity index (χ4v) is 3.86. The SMILES string of the molecule is C=COC(=O)CC1([SiH](C)C)CCCCO1. The molecule has 0 aromatic heterocycles. The van der Waals surface area contributed by atoms with Gasteiger partial charge in [-0.2, -0.15) is 0 Å². The van der Waals surface area contributed by atoms with E-state index < -0.39 is 8.80 Å². The zero-order valence-electron chi connectivity index (χ0n) is 9.62. The zero-order chi connectivity index (χ0) is 11.3. The lowest BCUT2D eigenvalue weighted by atomic mass is 10.1. The number of esters is 1. The smallest absolute Gasteiger partial charge is 0.313 e. The lowest BCUT2D eigenvalue weighted by molar-refractivity contribution is -0.144. The molecule has 15 heavy (non-hydrogen) atoms. The highest BCUT2D eigenvalue weighted by molar-refractivity contribution is 6.59. The molecule has 1 fully saturated rings. The molecule has 0 aliphatic carbocycles. The first kappa shape index (κ1) is 12.5. The lowest BCUT2D eigenvalue weighted by Crippen LogP contribution is -2.49. The second-order valence-electron chi connectivity index (χ2n) is 4.36. The molecule has 86 valence electrons. The average Bonchev–Trinajstić information content (AvgIpc) is 2.19.